The third kappa shape index (κ3) is 2.94. The van der Waals surface area contributed by atoms with Crippen molar-refractivity contribution in [3.63, 3.8) is 0 Å². The van der Waals surface area contributed by atoms with Gasteiger partial charge >= 0.3 is 0 Å². The van der Waals surface area contributed by atoms with Gasteiger partial charge in [-0.3, -0.25) is 0 Å². The molecule has 1 heteroatoms. The van der Waals surface area contributed by atoms with E-state index < -0.39 is 0 Å². The maximum Gasteiger partial charge on any atom is 0.0195 e. The van der Waals surface area contributed by atoms with E-state index in [0.717, 1.165) is 0 Å². The van der Waals surface area contributed by atoms with Crippen LogP contribution < -0.4 is 0 Å². The molecule has 13 heavy (non-hydrogen) atoms. The van der Waals surface area contributed by atoms with Crippen LogP contribution in [0.15, 0.2) is 18.9 Å². The van der Waals surface area contributed by atoms with Gasteiger partial charge in [0.25, 0.3) is 0 Å². The topological polar surface area (TPSA) is 15.8 Å². The Labute approximate surface area is 81.2 Å². The molecule has 0 saturated carbocycles. The number of allylic oxidation sites excluding steroid dienone is 1. The molecule has 0 aliphatic rings. The summed E-state index contributed by atoms with van der Waals surface area (Å²) in [7, 11) is 0. The molecule has 0 fully saturated rings. The molecule has 0 aliphatic heterocycles. The van der Waals surface area contributed by atoms with Gasteiger partial charge in [-0.25, -0.2) is 0 Å². The Morgan fingerprint density at radius 3 is 2.46 bits per heavy atom. The Morgan fingerprint density at radius 1 is 1.38 bits per heavy atom. The Bertz CT molecular complexity index is 279. The van der Waals surface area contributed by atoms with Gasteiger partial charge in [0.2, 0.25) is 0 Å². The lowest BCUT2D eigenvalue weighted by Crippen LogP contribution is -1.75. The summed E-state index contributed by atoms with van der Waals surface area (Å²) < 4.78 is 0. The Kier molecular flexibility index (Phi) is 5.69. The van der Waals surface area contributed by atoms with Gasteiger partial charge in [0.1, 0.15) is 0 Å². The molecule has 0 bridgehead atoms. The van der Waals surface area contributed by atoms with Crippen LogP contribution in [-0.2, 0) is 0 Å². The van der Waals surface area contributed by atoms with Gasteiger partial charge in [-0.15, -0.1) is 0 Å². The minimum atomic E-state index is 1.17. The molecule has 0 spiro atoms. The van der Waals surface area contributed by atoms with E-state index in [1.54, 1.807) is 0 Å². The molecular weight excluding hydrogens is 158 g/mol. The minimum absolute atomic E-state index is 1.17. The molecular formula is C12H19N. The molecule has 72 valence electrons. The summed E-state index contributed by atoms with van der Waals surface area (Å²) in [5, 5.41) is 0. The van der Waals surface area contributed by atoms with Crippen LogP contribution in [0.25, 0.3) is 12.2 Å². The summed E-state index contributed by atoms with van der Waals surface area (Å²) >= 11 is 0. The van der Waals surface area contributed by atoms with Crippen molar-refractivity contribution in [2.45, 2.75) is 27.7 Å². The van der Waals surface area contributed by atoms with E-state index in [-0.39, 0.29) is 0 Å². The van der Waals surface area contributed by atoms with E-state index >= 15 is 0 Å². The average molecular weight is 177 g/mol. The molecule has 0 atom stereocenters. The second kappa shape index (κ2) is 6.30. The van der Waals surface area contributed by atoms with Crippen LogP contribution in [0.4, 0.5) is 0 Å². The fourth-order valence-corrected chi connectivity index (χ4v) is 1.11. The monoisotopic (exact) mass is 177 g/mol. The van der Waals surface area contributed by atoms with Crippen LogP contribution in [0.1, 0.15) is 37.6 Å². The lowest BCUT2D eigenvalue weighted by molar-refractivity contribution is 1.26. The SMILES string of the molecule is C=Cc1c[nH]c(C)c1/C=C\C.CC. The lowest BCUT2D eigenvalue weighted by Gasteiger charge is -1.91. The van der Waals surface area contributed by atoms with Crippen molar-refractivity contribution >= 4 is 12.2 Å². The van der Waals surface area contributed by atoms with Crippen LogP contribution in [0.3, 0.4) is 0 Å². The Hall–Kier alpha value is -1.24. The number of nitrogens with one attached hydrogen (secondary N) is 1. The molecule has 1 heterocycles. The van der Waals surface area contributed by atoms with Gasteiger partial charge in [0, 0.05) is 17.5 Å². The van der Waals surface area contributed by atoms with E-state index in [1.807, 2.05) is 39.1 Å². The van der Waals surface area contributed by atoms with E-state index in [1.165, 1.54) is 16.8 Å². The fourth-order valence-electron chi connectivity index (χ4n) is 1.11. The molecule has 0 aromatic carbocycles. The van der Waals surface area contributed by atoms with Gasteiger partial charge in [-0.05, 0) is 19.4 Å². The number of hydrogen-bond acceptors (Lipinski definition) is 0. The second-order valence-corrected chi connectivity index (χ2v) is 2.49. The number of rotatable bonds is 2. The molecule has 1 aromatic heterocycles. The fraction of sp³-hybridized carbons (Fsp3) is 0.333. The molecule has 0 aliphatic carbocycles. The van der Waals surface area contributed by atoms with Crippen molar-refractivity contribution in [3.05, 3.63) is 35.7 Å². The summed E-state index contributed by atoms with van der Waals surface area (Å²) in [6, 6.07) is 0. The molecule has 0 amide bonds. The van der Waals surface area contributed by atoms with Crippen molar-refractivity contribution in [3.8, 4) is 0 Å². The standard InChI is InChI=1S/C10H13N.C2H6/c1-4-6-10-8(3)11-7-9(10)5-2;1-2/h4-7,11H,2H2,1,3H3;1-2H3/b6-4-;. The minimum Gasteiger partial charge on any atom is -0.364 e. The lowest BCUT2D eigenvalue weighted by atomic mass is 10.1. The van der Waals surface area contributed by atoms with Crippen molar-refractivity contribution < 1.29 is 0 Å². The zero-order valence-electron chi connectivity index (χ0n) is 9.02. The number of H-pyrrole nitrogens is 1. The normalized spacial score (nSPS) is 9.54. The predicted octanol–water partition coefficient (Wildman–Crippen LogP) is 4.03. The maximum absolute atomic E-state index is 3.73. The first-order valence-corrected chi connectivity index (χ1v) is 4.72. The number of hydrogen-bond donors (Lipinski definition) is 1. The van der Waals surface area contributed by atoms with Crippen molar-refractivity contribution in [2.24, 2.45) is 0 Å². The smallest absolute Gasteiger partial charge is 0.0195 e. The van der Waals surface area contributed by atoms with Crippen molar-refractivity contribution in [1.29, 1.82) is 0 Å². The molecule has 0 unspecified atom stereocenters. The number of aromatic nitrogens is 1. The van der Waals surface area contributed by atoms with E-state index in [0.29, 0.717) is 0 Å². The van der Waals surface area contributed by atoms with Gasteiger partial charge in [0.05, 0.1) is 0 Å². The molecule has 1 N–H and O–H groups in total. The van der Waals surface area contributed by atoms with Crippen LogP contribution in [0.5, 0.6) is 0 Å². The molecule has 1 aromatic rings. The molecule has 0 saturated heterocycles. The highest BCUT2D eigenvalue weighted by Crippen LogP contribution is 2.15. The summed E-state index contributed by atoms with van der Waals surface area (Å²) in [6.07, 6.45) is 7.95. The first kappa shape index (κ1) is 11.8. The summed E-state index contributed by atoms with van der Waals surface area (Å²) in [5.74, 6) is 0. The van der Waals surface area contributed by atoms with Crippen LogP contribution >= 0.6 is 0 Å². The van der Waals surface area contributed by atoms with Gasteiger partial charge in [-0.2, -0.15) is 0 Å². The highest BCUT2D eigenvalue weighted by atomic mass is 14.7. The zero-order chi connectivity index (χ0) is 10.3. The largest absolute Gasteiger partial charge is 0.364 e. The van der Waals surface area contributed by atoms with Crippen molar-refractivity contribution in [2.75, 3.05) is 0 Å². The molecule has 0 radical (unpaired) electrons. The number of aromatic amines is 1. The quantitative estimate of drug-likeness (QED) is 0.702. The van der Waals surface area contributed by atoms with E-state index in [4.69, 9.17) is 0 Å². The summed E-state index contributed by atoms with van der Waals surface area (Å²) in [4.78, 5) is 3.15. The molecule has 1 rings (SSSR count). The third-order valence-corrected chi connectivity index (χ3v) is 1.71. The van der Waals surface area contributed by atoms with Crippen LogP contribution in [-0.4, -0.2) is 4.98 Å². The number of aryl methyl sites for hydroxylation is 1. The second-order valence-electron chi connectivity index (χ2n) is 2.49. The first-order valence-electron chi connectivity index (χ1n) is 4.72. The first-order chi connectivity index (χ1) is 6.29. The Balaban J connectivity index is 0.000000671. The van der Waals surface area contributed by atoms with Crippen molar-refractivity contribution in [1.82, 2.24) is 4.98 Å². The van der Waals surface area contributed by atoms with Crippen LogP contribution in [0.2, 0.25) is 0 Å². The van der Waals surface area contributed by atoms with Gasteiger partial charge in [0.15, 0.2) is 0 Å². The van der Waals surface area contributed by atoms with E-state index in [9.17, 15) is 0 Å². The summed E-state index contributed by atoms with van der Waals surface area (Å²) in [5.41, 5.74) is 3.60. The third-order valence-electron chi connectivity index (χ3n) is 1.71. The predicted molar refractivity (Wildman–Crippen MR) is 61.7 cm³/mol. The van der Waals surface area contributed by atoms with Gasteiger partial charge in [-0.1, -0.05) is 38.7 Å². The Morgan fingerprint density at radius 2 is 2.00 bits per heavy atom. The molecule has 1 nitrogen and oxygen atoms in total. The zero-order valence-corrected chi connectivity index (χ0v) is 9.02. The van der Waals surface area contributed by atoms with E-state index in [2.05, 4.69) is 24.6 Å². The van der Waals surface area contributed by atoms with Crippen LogP contribution in [0, 0.1) is 6.92 Å². The highest BCUT2D eigenvalue weighted by Gasteiger charge is 1.99. The highest BCUT2D eigenvalue weighted by molar-refractivity contribution is 5.65. The average Bonchev–Trinajstić information content (AvgIpc) is 2.52. The summed E-state index contributed by atoms with van der Waals surface area (Å²) in [6.45, 7) is 11.8. The van der Waals surface area contributed by atoms with Gasteiger partial charge < -0.3 is 4.98 Å². The maximum atomic E-state index is 3.73.